The molecule has 0 fully saturated rings. The fraction of sp³-hybridized carbons (Fsp3) is 0.292. The van der Waals surface area contributed by atoms with Crippen LogP contribution in [-0.4, -0.2) is 72.0 Å². The van der Waals surface area contributed by atoms with E-state index >= 15 is 0 Å². The summed E-state index contributed by atoms with van der Waals surface area (Å²) in [5, 5.41) is 3.49. The number of imidazole rings is 1. The summed E-state index contributed by atoms with van der Waals surface area (Å²) in [5.41, 5.74) is 2.34. The molecule has 3 rings (SSSR count). The predicted molar refractivity (Wildman–Crippen MR) is 130 cm³/mol. The third kappa shape index (κ3) is 6.57. The van der Waals surface area contributed by atoms with Gasteiger partial charge in [0.05, 0.1) is 19.3 Å². The van der Waals surface area contributed by atoms with Crippen LogP contribution in [0.3, 0.4) is 0 Å². The lowest BCUT2D eigenvalue weighted by Crippen LogP contribution is -2.40. The lowest BCUT2D eigenvalue weighted by Gasteiger charge is -2.22. The van der Waals surface area contributed by atoms with E-state index in [1.54, 1.807) is 23.8 Å². The van der Waals surface area contributed by atoms with Crippen molar-refractivity contribution in [1.29, 1.82) is 0 Å². The summed E-state index contributed by atoms with van der Waals surface area (Å²) in [5.74, 6) is 0.589. The number of likely N-dealkylation sites (N-methyl/N-ethyl adjacent to an activating group) is 1. The van der Waals surface area contributed by atoms with Crippen LogP contribution in [0, 0.1) is 0 Å². The maximum absolute atomic E-state index is 12.8. The maximum atomic E-state index is 12.8. The lowest BCUT2D eigenvalue weighted by molar-refractivity contribution is -0.132. The molecule has 1 heterocycles. The minimum absolute atomic E-state index is 0.0606. The standard InChI is InChI=1S/C24H28ClN5O3/c1-17(31)29(14-13-28(2)3)16-23(32)27-24-26-22(18-5-7-19(25)8-6-18)15-30(24)20-9-11-21(33-4)12-10-20/h5-12,15H,13-14,16H2,1-4H3,(H,26,27,32). The second-order valence-electron chi connectivity index (χ2n) is 7.82. The van der Waals surface area contributed by atoms with Gasteiger partial charge in [-0.15, -0.1) is 0 Å². The second kappa shape index (κ2) is 11.0. The molecule has 0 unspecified atom stereocenters. The zero-order chi connectivity index (χ0) is 24.0. The molecule has 1 aromatic heterocycles. The van der Waals surface area contributed by atoms with Gasteiger partial charge in [-0.1, -0.05) is 23.7 Å². The van der Waals surface area contributed by atoms with Crippen molar-refractivity contribution in [3.05, 3.63) is 59.8 Å². The van der Waals surface area contributed by atoms with Crippen LogP contribution < -0.4 is 10.1 Å². The van der Waals surface area contributed by atoms with E-state index < -0.39 is 0 Å². The Morgan fingerprint density at radius 2 is 1.73 bits per heavy atom. The minimum Gasteiger partial charge on any atom is -0.497 e. The molecule has 1 N–H and O–H groups in total. The first-order chi connectivity index (χ1) is 15.8. The van der Waals surface area contributed by atoms with Gasteiger partial charge in [-0.2, -0.15) is 0 Å². The monoisotopic (exact) mass is 469 g/mol. The van der Waals surface area contributed by atoms with E-state index in [4.69, 9.17) is 16.3 Å². The number of rotatable bonds is 9. The van der Waals surface area contributed by atoms with Crippen molar-refractivity contribution in [2.45, 2.75) is 6.92 Å². The van der Waals surface area contributed by atoms with Crippen molar-refractivity contribution in [3.8, 4) is 22.7 Å². The average Bonchev–Trinajstić information content (AvgIpc) is 3.20. The number of nitrogens with zero attached hydrogens (tertiary/aromatic N) is 4. The molecule has 0 aliphatic rings. The molecule has 33 heavy (non-hydrogen) atoms. The van der Waals surface area contributed by atoms with Crippen LogP contribution in [0.1, 0.15) is 6.92 Å². The van der Waals surface area contributed by atoms with Gasteiger partial charge in [0.2, 0.25) is 17.8 Å². The molecule has 0 aliphatic carbocycles. The number of carbonyl (C=O) groups is 2. The molecule has 0 saturated carbocycles. The van der Waals surface area contributed by atoms with E-state index in [1.165, 1.54) is 11.8 Å². The fourth-order valence-corrected chi connectivity index (χ4v) is 3.30. The van der Waals surface area contributed by atoms with Crippen LogP contribution in [0.5, 0.6) is 5.75 Å². The number of nitrogens with one attached hydrogen (secondary N) is 1. The van der Waals surface area contributed by atoms with Gasteiger partial charge >= 0.3 is 0 Å². The number of hydrogen-bond acceptors (Lipinski definition) is 5. The highest BCUT2D eigenvalue weighted by atomic mass is 35.5. The topological polar surface area (TPSA) is 79.7 Å². The fourth-order valence-electron chi connectivity index (χ4n) is 3.17. The molecule has 0 radical (unpaired) electrons. The summed E-state index contributed by atoms with van der Waals surface area (Å²) in [7, 11) is 5.44. The highest BCUT2D eigenvalue weighted by Crippen LogP contribution is 2.26. The largest absolute Gasteiger partial charge is 0.497 e. The lowest BCUT2D eigenvalue weighted by atomic mass is 10.2. The van der Waals surface area contributed by atoms with E-state index in [-0.39, 0.29) is 18.4 Å². The third-order valence-corrected chi connectivity index (χ3v) is 5.30. The van der Waals surface area contributed by atoms with Gasteiger partial charge in [-0.3, -0.25) is 19.5 Å². The summed E-state index contributed by atoms with van der Waals surface area (Å²) in [6.07, 6.45) is 1.84. The number of carbonyl (C=O) groups excluding carboxylic acids is 2. The van der Waals surface area contributed by atoms with Crippen LogP contribution in [0.25, 0.3) is 16.9 Å². The Morgan fingerprint density at radius 1 is 1.06 bits per heavy atom. The summed E-state index contributed by atoms with van der Waals surface area (Å²) >= 11 is 6.02. The molecule has 9 heteroatoms. The third-order valence-electron chi connectivity index (χ3n) is 5.04. The highest BCUT2D eigenvalue weighted by Gasteiger charge is 2.18. The Hall–Kier alpha value is -3.36. The molecule has 0 aliphatic heterocycles. The van der Waals surface area contributed by atoms with E-state index in [0.29, 0.717) is 29.8 Å². The molecule has 0 saturated heterocycles. The Morgan fingerprint density at radius 3 is 2.30 bits per heavy atom. The summed E-state index contributed by atoms with van der Waals surface area (Å²) in [6, 6.07) is 14.7. The number of halogens is 1. The quantitative estimate of drug-likeness (QED) is 0.518. The minimum atomic E-state index is -0.327. The normalized spacial score (nSPS) is 10.8. The van der Waals surface area contributed by atoms with Crippen LogP contribution in [-0.2, 0) is 9.59 Å². The number of anilines is 1. The van der Waals surface area contributed by atoms with Gasteiger partial charge in [0, 0.05) is 42.5 Å². The zero-order valence-corrected chi connectivity index (χ0v) is 20.0. The van der Waals surface area contributed by atoms with Gasteiger partial charge in [-0.05, 0) is 50.5 Å². The number of benzene rings is 2. The van der Waals surface area contributed by atoms with Gasteiger partial charge < -0.3 is 14.5 Å². The van der Waals surface area contributed by atoms with Crippen molar-refractivity contribution >= 4 is 29.4 Å². The van der Waals surface area contributed by atoms with Gasteiger partial charge in [0.15, 0.2) is 0 Å². The second-order valence-corrected chi connectivity index (χ2v) is 8.25. The molecule has 2 aromatic carbocycles. The molecule has 8 nitrogen and oxygen atoms in total. The van der Waals surface area contributed by atoms with Gasteiger partial charge in [0.1, 0.15) is 5.75 Å². The summed E-state index contributed by atoms with van der Waals surface area (Å²) in [4.78, 5) is 32.9. The van der Waals surface area contributed by atoms with E-state index in [9.17, 15) is 9.59 Å². The first-order valence-electron chi connectivity index (χ1n) is 10.5. The Labute approximate surface area is 198 Å². The molecule has 0 spiro atoms. The van der Waals surface area contributed by atoms with Gasteiger partial charge in [0.25, 0.3) is 0 Å². The number of aromatic nitrogens is 2. The van der Waals surface area contributed by atoms with Crippen molar-refractivity contribution in [2.24, 2.45) is 0 Å². The number of amides is 2. The van der Waals surface area contributed by atoms with E-state index in [1.807, 2.05) is 61.6 Å². The smallest absolute Gasteiger partial charge is 0.246 e. The van der Waals surface area contributed by atoms with Gasteiger partial charge in [-0.25, -0.2) is 4.98 Å². The van der Waals surface area contributed by atoms with Crippen molar-refractivity contribution < 1.29 is 14.3 Å². The molecule has 174 valence electrons. The maximum Gasteiger partial charge on any atom is 0.246 e. The van der Waals surface area contributed by atoms with E-state index in [0.717, 1.165) is 17.0 Å². The van der Waals surface area contributed by atoms with Crippen LogP contribution in [0.2, 0.25) is 5.02 Å². The predicted octanol–water partition coefficient (Wildman–Crippen LogP) is 3.55. The van der Waals surface area contributed by atoms with Crippen molar-refractivity contribution in [2.75, 3.05) is 46.2 Å². The van der Waals surface area contributed by atoms with E-state index in [2.05, 4.69) is 10.3 Å². The molecular formula is C24H28ClN5O3. The van der Waals surface area contributed by atoms with Crippen LogP contribution in [0.15, 0.2) is 54.7 Å². The van der Waals surface area contributed by atoms with Crippen LogP contribution >= 0.6 is 11.6 Å². The first kappa shape index (κ1) is 24.3. The van der Waals surface area contributed by atoms with Crippen LogP contribution in [0.4, 0.5) is 5.95 Å². The number of ether oxygens (including phenoxy) is 1. The summed E-state index contributed by atoms with van der Waals surface area (Å²) < 4.78 is 7.03. The molecule has 0 bridgehead atoms. The average molecular weight is 470 g/mol. The number of methoxy groups -OCH3 is 1. The number of hydrogen-bond donors (Lipinski definition) is 1. The molecular weight excluding hydrogens is 442 g/mol. The summed E-state index contributed by atoms with van der Waals surface area (Å²) in [6.45, 7) is 2.52. The first-order valence-corrected chi connectivity index (χ1v) is 10.8. The Kier molecular flexibility index (Phi) is 8.08. The van der Waals surface area contributed by atoms with Crippen molar-refractivity contribution in [1.82, 2.24) is 19.4 Å². The molecule has 3 aromatic rings. The SMILES string of the molecule is COc1ccc(-n2cc(-c3ccc(Cl)cc3)nc2NC(=O)CN(CCN(C)C)C(C)=O)cc1. The Bertz CT molecular complexity index is 1090. The Balaban J connectivity index is 1.88. The van der Waals surface area contributed by atoms with Crippen molar-refractivity contribution in [3.63, 3.8) is 0 Å². The zero-order valence-electron chi connectivity index (χ0n) is 19.2. The molecule has 0 atom stereocenters. The highest BCUT2D eigenvalue weighted by molar-refractivity contribution is 6.30. The molecule has 2 amide bonds.